The zero-order valence-corrected chi connectivity index (χ0v) is 17.0. The Bertz CT molecular complexity index is 677. The van der Waals surface area contributed by atoms with Crippen molar-refractivity contribution in [2.75, 3.05) is 39.3 Å². The summed E-state index contributed by atoms with van der Waals surface area (Å²) < 4.78 is 26.7. The van der Waals surface area contributed by atoms with Gasteiger partial charge < -0.3 is 20.2 Å². The van der Waals surface area contributed by atoms with Crippen LogP contribution < -0.4 is 5.32 Å². The third-order valence-corrected chi connectivity index (χ3v) is 6.11. The van der Waals surface area contributed by atoms with E-state index in [1.54, 1.807) is 18.7 Å². The number of β-amino-alcohol motifs (C(OH)–C–C–N with tert-alkyl or cyclic N) is 1. The molecule has 2 N–H and O–H groups in total. The summed E-state index contributed by atoms with van der Waals surface area (Å²) in [7, 11) is 0. The summed E-state index contributed by atoms with van der Waals surface area (Å²) in [6, 6.07) is -0.582. The molecule has 3 aliphatic rings. The lowest BCUT2D eigenvalue weighted by atomic mass is 9.93. The van der Waals surface area contributed by atoms with Crippen LogP contribution >= 0.6 is 0 Å². The topological polar surface area (TPSA) is 93.2 Å². The second-order valence-corrected chi connectivity index (χ2v) is 9.04. The van der Waals surface area contributed by atoms with Crippen molar-refractivity contribution in [2.45, 2.75) is 63.0 Å². The number of hydrogen-bond donors (Lipinski definition) is 2. The van der Waals surface area contributed by atoms with Gasteiger partial charge in [0.2, 0.25) is 5.91 Å². The number of amides is 4. The Hall–Kier alpha value is -1.81. The number of aliphatic hydroxyl groups is 1. The van der Waals surface area contributed by atoms with Crippen molar-refractivity contribution in [1.29, 1.82) is 0 Å². The number of urea groups is 1. The van der Waals surface area contributed by atoms with Gasteiger partial charge in [0, 0.05) is 45.6 Å². The van der Waals surface area contributed by atoms with Gasteiger partial charge in [0.05, 0.1) is 5.60 Å². The van der Waals surface area contributed by atoms with Gasteiger partial charge in [0.1, 0.15) is 12.1 Å². The Morgan fingerprint density at radius 1 is 1.07 bits per heavy atom. The highest BCUT2D eigenvalue weighted by molar-refractivity contribution is 6.08. The van der Waals surface area contributed by atoms with Crippen molar-refractivity contribution in [3.05, 3.63) is 0 Å². The Balaban J connectivity index is 1.53. The van der Waals surface area contributed by atoms with Crippen LogP contribution in [0.2, 0.25) is 0 Å². The number of likely N-dealkylation sites (tertiary alicyclic amines) is 2. The first-order valence-corrected chi connectivity index (χ1v) is 10.2. The molecule has 8 nitrogen and oxygen atoms in total. The first-order valence-electron chi connectivity index (χ1n) is 10.2. The normalized spacial score (nSPS) is 30.2. The van der Waals surface area contributed by atoms with E-state index < -0.39 is 29.0 Å². The van der Waals surface area contributed by atoms with Crippen LogP contribution in [-0.2, 0) is 9.59 Å². The van der Waals surface area contributed by atoms with Crippen molar-refractivity contribution in [2.24, 2.45) is 0 Å². The van der Waals surface area contributed by atoms with Crippen LogP contribution in [0.5, 0.6) is 0 Å². The Labute approximate surface area is 169 Å². The minimum absolute atomic E-state index is 0.198. The van der Waals surface area contributed by atoms with Crippen LogP contribution in [0.4, 0.5) is 13.6 Å². The standard InChI is InChI=1S/C19H30F2N4O4/c1-17(2)15(27)25(16(28)22-17)12-14(26)24-8-3-4-18(29,5-11-24)13-23-9-6-19(20,21)7-10-23/h29H,3-13H2,1-2H3,(H,22,28)/t18-/m1/s1. The smallest absolute Gasteiger partial charge is 0.325 e. The summed E-state index contributed by atoms with van der Waals surface area (Å²) in [5.41, 5.74) is -2.06. The molecule has 3 fully saturated rings. The quantitative estimate of drug-likeness (QED) is 0.661. The van der Waals surface area contributed by atoms with Crippen LogP contribution in [-0.4, -0.2) is 94.0 Å². The van der Waals surface area contributed by atoms with Gasteiger partial charge in [0.25, 0.3) is 11.8 Å². The summed E-state index contributed by atoms with van der Waals surface area (Å²) in [5, 5.41) is 13.5. The van der Waals surface area contributed by atoms with Gasteiger partial charge in [-0.3, -0.25) is 14.5 Å². The second-order valence-electron chi connectivity index (χ2n) is 9.04. The first-order chi connectivity index (χ1) is 13.4. The van der Waals surface area contributed by atoms with E-state index >= 15 is 0 Å². The van der Waals surface area contributed by atoms with E-state index in [1.807, 2.05) is 4.90 Å². The molecule has 1 atom stereocenters. The molecule has 0 saturated carbocycles. The molecule has 29 heavy (non-hydrogen) atoms. The maximum atomic E-state index is 13.3. The van der Waals surface area contributed by atoms with Gasteiger partial charge in [-0.05, 0) is 33.1 Å². The molecule has 0 unspecified atom stereocenters. The molecule has 164 valence electrons. The van der Waals surface area contributed by atoms with Crippen molar-refractivity contribution in [3.63, 3.8) is 0 Å². The summed E-state index contributed by atoms with van der Waals surface area (Å²) in [6.07, 6.45) is 0.973. The van der Waals surface area contributed by atoms with Crippen LogP contribution in [0.3, 0.4) is 0 Å². The lowest BCUT2D eigenvalue weighted by Crippen LogP contribution is -2.49. The highest BCUT2D eigenvalue weighted by Gasteiger charge is 2.45. The van der Waals surface area contributed by atoms with Crippen molar-refractivity contribution < 1.29 is 28.3 Å². The number of rotatable bonds is 4. The number of imide groups is 1. The van der Waals surface area contributed by atoms with Crippen molar-refractivity contribution >= 4 is 17.8 Å². The maximum Gasteiger partial charge on any atom is 0.325 e. The molecule has 0 spiro atoms. The van der Waals surface area contributed by atoms with E-state index in [9.17, 15) is 28.3 Å². The molecule has 0 aliphatic carbocycles. The van der Waals surface area contributed by atoms with E-state index in [-0.39, 0.29) is 38.4 Å². The molecular formula is C19H30F2N4O4. The van der Waals surface area contributed by atoms with E-state index in [0.29, 0.717) is 38.9 Å². The van der Waals surface area contributed by atoms with Crippen LogP contribution in [0.15, 0.2) is 0 Å². The minimum atomic E-state index is -2.63. The molecule has 10 heteroatoms. The van der Waals surface area contributed by atoms with Gasteiger partial charge in [-0.15, -0.1) is 0 Å². The number of alkyl halides is 2. The zero-order chi connectivity index (χ0) is 21.4. The Morgan fingerprint density at radius 3 is 2.31 bits per heavy atom. The SMILES string of the molecule is CC1(C)NC(=O)N(CC(=O)N2CCC[C@](O)(CN3CCC(F)(F)CC3)CC2)C1=O. The molecule has 0 aromatic heterocycles. The molecule has 0 radical (unpaired) electrons. The number of nitrogens with one attached hydrogen (secondary N) is 1. The molecule has 4 amide bonds. The number of piperidine rings is 1. The van der Waals surface area contributed by atoms with E-state index in [2.05, 4.69) is 5.32 Å². The number of carbonyl (C=O) groups excluding carboxylic acids is 3. The fourth-order valence-corrected chi connectivity index (χ4v) is 4.24. The predicted molar refractivity (Wildman–Crippen MR) is 100 cm³/mol. The van der Waals surface area contributed by atoms with Crippen molar-refractivity contribution in [1.82, 2.24) is 20.0 Å². The Kier molecular flexibility index (Phi) is 5.88. The fourth-order valence-electron chi connectivity index (χ4n) is 4.24. The average Bonchev–Trinajstić information content (AvgIpc) is 2.77. The van der Waals surface area contributed by atoms with Gasteiger partial charge in [0.15, 0.2) is 0 Å². The van der Waals surface area contributed by atoms with Crippen LogP contribution in [0.1, 0.15) is 46.0 Å². The fraction of sp³-hybridized carbons (Fsp3) is 0.842. The van der Waals surface area contributed by atoms with Crippen molar-refractivity contribution in [3.8, 4) is 0 Å². The third kappa shape index (κ3) is 5.03. The molecular weight excluding hydrogens is 386 g/mol. The molecule has 3 aliphatic heterocycles. The van der Waals surface area contributed by atoms with Gasteiger partial charge in [-0.25, -0.2) is 13.6 Å². The monoisotopic (exact) mass is 416 g/mol. The van der Waals surface area contributed by atoms with Crippen LogP contribution in [0.25, 0.3) is 0 Å². The average molecular weight is 416 g/mol. The summed E-state index contributed by atoms with van der Waals surface area (Å²) in [5.74, 6) is -3.41. The van der Waals surface area contributed by atoms with E-state index in [4.69, 9.17) is 0 Å². The number of hydrogen-bond acceptors (Lipinski definition) is 5. The van der Waals surface area contributed by atoms with Crippen LogP contribution in [0, 0.1) is 0 Å². The number of halogens is 2. The second kappa shape index (κ2) is 7.79. The van der Waals surface area contributed by atoms with E-state index in [1.165, 1.54) is 0 Å². The predicted octanol–water partition coefficient (Wildman–Crippen LogP) is 0.791. The summed E-state index contributed by atoms with van der Waals surface area (Å²) >= 11 is 0. The summed E-state index contributed by atoms with van der Waals surface area (Å²) in [6.45, 7) is 4.37. The maximum absolute atomic E-state index is 13.3. The lowest BCUT2D eigenvalue weighted by Gasteiger charge is -2.37. The lowest BCUT2D eigenvalue weighted by molar-refractivity contribution is -0.138. The third-order valence-electron chi connectivity index (χ3n) is 6.11. The Morgan fingerprint density at radius 2 is 1.72 bits per heavy atom. The molecule has 3 saturated heterocycles. The summed E-state index contributed by atoms with van der Waals surface area (Å²) in [4.78, 5) is 41.3. The van der Waals surface area contributed by atoms with Gasteiger partial charge in [-0.2, -0.15) is 0 Å². The highest BCUT2D eigenvalue weighted by atomic mass is 19.3. The number of carbonyl (C=O) groups is 3. The molecule has 3 heterocycles. The molecule has 3 rings (SSSR count). The molecule has 0 aromatic carbocycles. The molecule has 0 aromatic rings. The highest BCUT2D eigenvalue weighted by Crippen LogP contribution is 2.30. The van der Waals surface area contributed by atoms with E-state index in [0.717, 1.165) is 4.90 Å². The van der Waals surface area contributed by atoms with Gasteiger partial charge in [-0.1, -0.05) is 0 Å². The first kappa shape index (κ1) is 21.9. The largest absolute Gasteiger partial charge is 0.388 e. The molecule has 0 bridgehead atoms. The number of nitrogens with zero attached hydrogens (tertiary/aromatic N) is 3. The zero-order valence-electron chi connectivity index (χ0n) is 17.0. The van der Waals surface area contributed by atoms with Gasteiger partial charge >= 0.3 is 6.03 Å². The minimum Gasteiger partial charge on any atom is -0.388 e.